The average molecular weight is 461 g/mol. The van der Waals surface area contributed by atoms with E-state index in [-0.39, 0.29) is 42.0 Å². The fourth-order valence-corrected chi connectivity index (χ4v) is 2.24. The Morgan fingerprint density at radius 3 is 2.50 bits per heavy atom. The first-order valence-electron chi connectivity index (χ1n) is 7.98. The lowest BCUT2D eigenvalue weighted by atomic mass is 10.1. The predicted molar refractivity (Wildman–Crippen MR) is 100 cm³/mol. The van der Waals surface area contributed by atoms with Crippen molar-refractivity contribution in [1.29, 1.82) is 0 Å². The van der Waals surface area contributed by atoms with Gasteiger partial charge in [0.25, 0.3) is 0 Å². The molecule has 1 aromatic heterocycles. The van der Waals surface area contributed by atoms with Crippen LogP contribution in [-0.4, -0.2) is 22.3 Å². The van der Waals surface area contributed by atoms with E-state index < -0.39 is 11.9 Å². The Morgan fingerprint density at radius 1 is 1.25 bits per heavy atom. The number of hydrogen-bond donors (Lipinski definition) is 2. The zero-order chi connectivity index (χ0) is 17.3. The quantitative estimate of drug-likeness (QED) is 0.254. The van der Waals surface area contributed by atoms with E-state index in [0.717, 1.165) is 17.5 Å². The van der Waals surface area contributed by atoms with Gasteiger partial charge in [0.1, 0.15) is 0 Å². The largest absolute Gasteiger partial charge is 0.435 e. The molecule has 0 radical (unpaired) electrons. The maximum atomic E-state index is 12.8. The molecule has 1 heterocycles. The summed E-state index contributed by atoms with van der Waals surface area (Å²) in [6.07, 6.45) is 3.82. The molecule has 24 heavy (non-hydrogen) atoms. The number of aryl methyl sites for hydroxylation is 1. The summed E-state index contributed by atoms with van der Waals surface area (Å²) in [4.78, 5) is 3.96. The second-order valence-corrected chi connectivity index (χ2v) is 5.57. The van der Waals surface area contributed by atoms with Crippen molar-refractivity contribution in [3.05, 3.63) is 17.5 Å². The summed E-state index contributed by atoms with van der Waals surface area (Å²) in [5.41, 5.74) is 4.79. The van der Waals surface area contributed by atoms with Crippen LogP contribution < -0.4 is 11.1 Å². The van der Waals surface area contributed by atoms with Crippen molar-refractivity contribution in [3.8, 4) is 0 Å². The molecular formula is C15H27F3IN5. The van der Waals surface area contributed by atoms with Gasteiger partial charge in [-0.1, -0.05) is 39.0 Å². The van der Waals surface area contributed by atoms with E-state index in [9.17, 15) is 13.2 Å². The lowest BCUT2D eigenvalue weighted by molar-refractivity contribution is -0.142. The van der Waals surface area contributed by atoms with Crippen LogP contribution >= 0.6 is 24.0 Å². The Hall–Kier alpha value is -1.00. The third-order valence-corrected chi connectivity index (χ3v) is 3.43. The van der Waals surface area contributed by atoms with Crippen molar-refractivity contribution in [1.82, 2.24) is 15.1 Å². The van der Waals surface area contributed by atoms with Crippen LogP contribution in [0.25, 0.3) is 0 Å². The number of nitrogens with zero attached hydrogens (tertiary/aromatic N) is 3. The number of nitrogens with two attached hydrogens (primary N) is 1. The van der Waals surface area contributed by atoms with E-state index in [1.807, 2.05) is 0 Å². The van der Waals surface area contributed by atoms with Crippen LogP contribution in [0.1, 0.15) is 56.7 Å². The standard InChI is InChI=1S/C15H26F3N5.HI/c1-3-4-5-6-7-8-9-20-14(19)21-10-12-11-23(2)22-13(12)15(16,17)18;/h11H,3-10H2,1-2H3,(H3,19,20,21);1H. The number of rotatable bonds is 9. The van der Waals surface area contributed by atoms with Crippen LogP contribution in [0.3, 0.4) is 0 Å². The molecule has 3 N–H and O–H groups in total. The molecule has 0 unspecified atom stereocenters. The van der Waals surface area contributed by atoms with Gasteiger partial charge in [-0.25, -0.2) is 4.99 Å². The van der Waals surface area contributed by atoms with Crippen molar-refractivity contribution >= 4 is 29.9 Å². The molecule has 0 spiro atoms. The molecule has 140 valence electrons. The Kier molecular flexibility index (Phi) is 11.1. The second kappa shape index (κ2) is 11.5. The van der Waals surface area contributed by atoms with E-state index >= 15 is 0 Å². The molecule has 0 aliphatic heterocycles. The zero-order valence-electron chi connectivity index (χ0n) is 14.2. The molecular weight excluding hydrogens is 434 g/mol. The normalized spacial score (nSPS) is 12.1. The summed E-state index contributed by atoms with van der Waals surface area (Å²) in [6, 6.07) is 0. The topological polar surface area (TPSA) is 68.2 Å². The van der Waals surface area contributed by atoms with Gasteiger partial charge in [0.15, 0.2) is 11.7 Å². The van der Waals surface area contributed by atoms with Crippen molar-refractivity contribution < 1.29 is 13.2 Å². The maximum absolute atomic E-state index is 12.8. The Bertz CT molecular complexity index is 500. The van der Waals surface area contributed by atoms with Crippen LogP contribution in [0.5, 0.6) is 0 Å². The number of halogens is 4. The first kappa shape index (κ1) is 23.0. The molecule has 0 fully saturated rings. The van der Waals surface area contributed by atoms with E-state index in [0.29, 0.717) is 6.54 Å². The Morgan fingerprint density at radius 2 is 1.88 bits per heavy atom. The highest BCUT2D eigenvalue weighted by Gasteiger charge is 2.36. The van der Waals surface area contributed by atoms with Crippen LogP contribution in [-0.2, 0) is 19.8 Å². The minimum absolute atomic E-state index is 0. The molecule has 0 bridgehead atoms. The molecule has 9 heteroatoms. The third kappa shape index (κ3) is 8.74. The molecule has 0 saturated carbocycles. The molecule has 0 aliphatic carbocycles. The van der Waals surface area contributed by atoms with Crippen molar-refractivity contribution in [3.63, 3.8) is 0 Å². The summed E-state index contributed by atoms with van der Waals surface area (Å²) >= 11 is 0. The number of guanidine groups is 1. The summed E-state index contributed by atoms with van der Waals surface area (Å²) in [6.45, 7) is 2.71. The molecule has 0 amide bonds. The van der Waals surface area contributed by atoms with Gasteiger partial charge in [0.2, 0.25) is 0 Å². The lowest BCUT2D eigenvalue weighted by Crippen LogP contribution is -2.32. The predicted octanol–water partition coefficient (Wildman–Crippen LogP) is 3.82. The fourth-order valence-electron chi connectivity index (χ4n) is 2.24. The molecule has 0 aromatic carbocycles. The summed E-state index contributed by atoms with van der Waals surface area (Å²) in [5, 5.41) is 6.36. The zero-order valence-corrected chi connectivity index (χ0v) is 16.5. The second-order valence-electron chi connectivity index (χ2n) is 5.57. The number of hydrogen-bond acceptors (Lipinski definition) is 2. The highest BCUT2D eigenvalue weighted by atomic mass is 127. The molecule has 1 aromatic rings. The number of unbranched alkanes of at least 4 members (excludes halogenated alkanes) is 5. The van der Waals surface area contributed by atoms with Crippen LogP contribution in [0.4, 0.5) is 13.2 Å². The lowest BCUT2D eigenvalue weighted by Gasteiger charge is -2.07. The van der Waals surface area contributed by atoms with Gasteiger partial charge in [0, 0.05) is 25.4 Å². The van der Waals surface area contributed by atoms with E-state index in [2.05, 4.69) is 22.3 Å². The molecule has 0 atom stereocenters. The monoisotopic (exact) mass is 461 g/mol. The Labute approximate surface area is 158 Å². The highest BCUT2D eigenvalue weighted by molar-refractivity contribution is 14.0. The first-order chi connectivity index (χ1) is 10.8. The van der Waals surface area contributed by atoms with Crippen molar-refractivity contribution in [2.24, 2.45) is 17.8 Å². The van der Waals surface area contributed by atoms with Crippen LogP contribution in [0, 0.1) is 0 Å². The third-order valence-electron chi connectivity index (χ3n) is 3.43. The van der Waals surface area contributed by atoms with Gasteiger partial charge >= 0.3 is 6.18 Å². The summed E-state index contributed by atoms with van der Waals surface area (Å²) < 4.78 is 39.5. The molecule has 1 rings (SSSR count). The van der Waals surface area contributed by atoms with Gasteiger partial charge < -0.3 is 11.1 Å². The minimum atomic E-state index is -4.48. The van der Waals surface area contributed by atoms with Gasteiger partial charge in [-0.05, 0) is 6.42 Å². The Balaban J connectivity index is 0.00000529. The fraction of sp³-hybridized carbons (Fsp3) is 0.733. The first-order valence-corrected chi connectivity index (χ1v) is 7.98. The van der Waals surface area contributed by atoms with Crippen molar-refractivity contribution in [2.75, 3.05) is 6.54 Å². The SMILES string of the molecule is CCCCCCCCNC(N)=NCc1cn(C)nc1C(F)(F)F.I. The van der Waals surface area contributed by atoms with Crippen LogP contribution in [0.2, 0.25) is 0 Å². The van der Waals surface area contributed by atoms with Gasteiger partial charge in [-0.2, -0.15) is 18.3 Å². The molecule has 0 saturated heterocycles. The van der Waals surface area contributed by atoms with E-state index in [1.54, 1.807) is 0 Å². The number of alkyl halides is 3. The maximum Gasteiger partial charge on any atom is 0.435 e. The van der Waals surface area contributed by atoms with Gasteiger partial charge in [-0.15, -0.1) is 24.0 Å². The number of aromatic nitrogens is 2. The smallest absolute Gasteiger partial charge is 0.370 e. The average Bonchev–Trinajstić information content (AvgIpc) is 2.85. The van der Waals surface area contributed by atoms with Gasteiger partial charge in [-0.3, -0.25) is 4.68 Å². The summed E-state index contributed by atoms with van der Waals surface area (Å²) in [5.74, 6) is 0.163. The number of nitrogens with one attached hydrogen (secondary N) is 1. The number of aliphatic imine (C=N–C) groups is 1. The van der Waals surface area contributed by atoms with Gasteiger partial charge in [0.05, 0.1) is 6.54 Å². The molecule has 0 aliphatic rings. The van der Waals surface area contributed by atoms with E-state index in [1.165, 1.54) is 38.9 Å². The minimum Gasteiger partial charge on any atom is -0.370 e. The van der Waals surface area contributed by atoms with Crippen LogP contribution in [0.15, 0.2) is 11.2 Å². The molecule has 5 nitrogen and oxygen atoms in total. The van der Waals surface area contributed by atoms with Crippen molar-refractivity contribution in [2.45, 2.75) is 58.2 Å². The highest BCUT2D eigenvalue weighted by Crippen LogP contribution is 2.30. The van der Waals surface area contributed by atoms with E-state index in [4.69, 9.17) is 5.73 Å². The summed E-state index contributed by atoms with van der Waals surface area (Å²) in [7, 11) is 1.45.